The third-order valence-corrected chi connectivity index (χ3v) is 5.05. The number of hydrogen-bond donors (Lipinski definition) is 0. The number of rotatable bonds is 4. The summed E-state index contributed by atoms with van der Waals surface area (Å²) in [6.45, 7) is 2.62. The van der Waals surface area contributed by atoms with Gasteiger partial charge in [-0.1, -0.05) is 47.1 Å². The fourth-order valence-electron chi connectivity index (χ4n) is 3.30. The molecule has 132 valence electrons. The van der Waals surface area contributed by atoms with Gasteiger partial charge in [0, 0.05) is 23.6 Å². The van der Waals surface area contributed by atoms with Gasteiger partial charge in [-0.25, -0.2) is 0 Å². The van der Waals surface area contributed by atoms with E-state index < -0.39 is 0 Å². The first-order chi connectivity index (χ1) is 12.6. The van der Waals surface area contributed by atoms with Crippen LogP contribution in [-0.2, 0) is 4.79 Å². The minimum absolute atomic E-state index is 0.0207. The predicted octanol–water partition coefficient (Wildman–Crippen LogP) is 4.47. The largest absolute Gasteiger partial charge is 0.339 e. The summed E-state index contributed by atoms with van der Waals surface area (Å²) in [5, 5.41) is 4.71. The first-order valence-corrected chi connectivity index (χ1v) is 8.93. The van der Waals surface area contributed by atoms with Crippen LogP contribution in [0, 0.1) is 0 Å². The molecule has 1 aromatic heterocycles. The van der Waals surface area contributed by atoms with Crippen molar-refractivity contribution in [3.05, 3.63) is 71.1 Å². The lowest BCUT2D eigenvalue weighted by atomic mass is 10.1. The molecule has 6 heteroatoms. The summed E-state index contributed by atoms with van der Waals surface area (Å²) in [6, 6.07) is 17.3. The smallest absolute Gasteiger partial charge is 0.232 e. The zero-order chi connectivity index (χ0) is 18.1. The van der Waals surface area contributed by atoms with Crippen molar-refractivity contribution in [3.8, 4) is 11.4 Å². The summed E-state index contributed by atoms with van der Waals surface area (Å²) in [7, 11) is 0. The van der Waals surface area contributed by atoms with E-state index in [4.69, 9.17) is 16.1 Å². The van der Waals surface area contributed by atoms with E-state index in [1.54, 1.807) is 12.1 Å². The molecule has 1 aliphatic heterocycles. The molecule has 2 unspecified atom stereocenters. The van der Waals surface area contributed by atoms with E-state index in [9.17, 15) is 4.79 Å². The quantitative estimate of drug-likeness (QED) is 0.682. The maximum Gasteiger partial charge on any atom is 0.232 e. The van der Waals surface area contributed by atoms with E-state index >= 15 is 0 Å². The molecule has 1 aliphatic rings. The van der Waals surface area contributed by atoms with Crippen LogP contribution < -0.4 is 0 Å². The highest BCUT2D eigenvalue weighted by molar-refractivity contribution is 6.30. The molecule has 4 rings (SSSR count). The van der Waals surface area contributed by atoms with Crippen molar-refractivity contribution >= 4 is 17.5 Å². The Hall–Kier alpha value is -2.66. The number of hydrogen-bond acceptors (Lipinski definition) is 4. The molecule has 0 N–H and O–H groups in total. The number of carbonyl (C=O) groups is 1. The molecule has 1 saturated heterocycles. The van der Waals surface area contributed by atoms with Gasteiger partial charge in [0.15, 0.2) is 0 Å². The summed E-state index contributed by atoms with van der Waals surface area (Å²) in [5.41, 5.74) is 1.96. The van der Waals surface area contributed by atoms with Crippen molar-refractivity contribution in [3.63, 3.8) is 0 Å². The highest BCUT2D eigenvalue weighted by Gasteiger charge is 2.37. The Balaban J connectivity index is 1.51. The fraction of sp³-hybridized carbons (Fsp3) is 0.250. The van der Waals surface area contributed by atoms with Crippen LogP contribution in [-0.4, -0.2) is 27.5 Å². The molecule has 0 spiro atoms. The average Bonchev–Trinajstić information content (AvgIpc) is 3.29. The number of amides is 1. The maximum atomic E-state index is 12.5. The van der Waals surface area contributed by atoms with Crippen LogP contribution in [0.1, 0.15) is 36.8 Å². The minimum Gasteiger partial charge on any atom is -0.339 e. The van der Waals surface area contributed by atoms with Crippen molar-refractivity contribution in [2.24, 2.45) is 0 Å². The van der Waals surface area contributed by atoms with Crippen LogP contribution in [0.4, 0.5) is 0 Å². The monoisotopic (exact) mass is 367 g/mol. The molecule has 0 bridgehead atoms. The average molecular weight is 368 g/mol. The Labute approximate surface area is 156 Å². The normalized spacial score (nSPS) is 18.3. The second kappa shape index (κ2) is 6.92. The molecule has 0 saturated carbocycles. The molecule has 2 atom stereocenters. The van der Waals surface area contributed by atoms with Gasteiger partial charge in [0.05, 0.1) is 12.0 Å². The molecule has 1 fully saturated rings. The molecular weight excluding hydrogens is 350 g/mol. The highest BCUT2D eigenvalue weighted by atomic mass is 35.5. The number of benzene rings is 2. The van der Waals surface area contributed by atoms with Crippen molar-refractivity contribution in [1.29, 1.82) is 0 Å². The van der Waals surface area contributed by atoms with Gasteiger partial charge in [-0.3, -0.25) is 4.79 Å². The molecule has 2 aromatic carbocycles. The fourth-order valence-corrected chi connectivity index (χ4v) is 3.43. The van der Waals surface area contributed by atoms with Crippen LogP contribution >= 0.6 is 11.6 Å². The number of likely N-dealkylation sites (tertiary alicyclic amines) is 1. The first-order valence-electron chi connectivity index (χ1n) is 8.56. The first kappa shape index (κ1) is 16.8. The third-order valence-electron chi connectivity index (χ3n) is 4.80. The van der Waals surface area contributed by atoms with Gasteiger partial charge in [-0.05, 0) is 36.8 Å². The van der Waals surface area contributed by atoms with E-state index in [1.807, 2.05) is 54.3 Å². The van der Waals surface area contributed by atoms with E-state index in [0.29, 0.717) is 29.7 Å². The molecule has 0 radical (unpaired) electrons. The van der Waals surface area contributed by atoms with Crippen LogP contribution in [0.2, 0.25) is 5.02 Å². The van der Waals surface area contributed by atoms with Crippen molar-refractivity contribution in [2.45, 2.75) is 25.3 Å². The lowest BCUT2D eigenvalue weighted by Gasteiger charge is -2.24. The van der Waals surface area contributed by atoms with Crippen LogP contribution in [0.15, 0.2) is 59.1 Å². The molecular formula is C20H18ClN3O2. The summed E-state index contributed by atoms with van der Waals surface area (Å²) in [4.78, 5) is 18.9. The summed E-state index contributed by atoms with van der Waals surface area (Å²) in [6.07, 6.45) is 0.388. The molecule has 1 amide bonds. The summed E-state index contributed by atoms with van der Waals surface area (Å²) >= 11 is 5.91. The zero-order valence-corrected chi connectivity index (χ0v) is 15.1. The van der Waals surface area contributed by atoms with Gasteiger partial charge in [0.25, 0.3) is 0 Å². The van der Waals surface area contributed by atoms with Gasteiger partial charge < -0.3 is 9.42 Å². The molecule has 2 heterocycles. The van der Waals surface area contributed by atoms with Crippen LogP contribution in [0.3, 0.4) is 0 Å². The second-order valence-electron chi connectivity index (χ2n) is 6.50. The number of aromatic nitrogens is 2. The second-order valence-corrected chi connectivity index (χ2v) is 6.93. The third kappa shape index (κ3) is 3.22. The number of halogens is 1. The van der Waals surface area contributed by atoms with Crippen LogP contribution in [0.25, 0.3) is 11.4 Å². The molecule has 0 aliphatic carbocycles. The Kier molecular flexibility index (Phi) is 4.47. The van der Waals surface area contributed by atoms with Crippen molar-refractivity contribution in [2.75, 3.05) is 6.54 Å². The van der Waals surface area contributed by atoms with Gasteiger partial charge in [-0.2, -0.15) is 4.98 Å². The molecule has 26 heavy (non-hydrogen) atoms. The highest BCUT2D eigenvalue weighted by Crippen LogP contribution is 2.34. The Bertz CT molecular complexity index is 908. The zero-order valence-electron chi connectivity index (χ0n) is 14.3. The number of nitrogens with zero attached hydrogens (tertiary/aromatic N) is 3. The number of carbonyl (C=O) groups excluding carboxylic acids is 1. The van der Waals surface area contributed by atoms with E-state index in [2.05, 4.69) is 10.1 Å². The molecule has 3 aromatic rings. The topological polar surface area (TPSA) is 59.2 Å². The van der Waals surface area contributed by atoms with Crippen molar-refractivity contribution < 1.29 is 9.32 Å². The van der Waals surface area contributed by atoms with Gasteiger partial charge >= 0.3 is 0 Å². The lowest BCUT2D eigenvalue weighted by Crippen LogP contribution is -2.28. The SMILES string of the molecule is CC(c1ccccc1)N1CC(c2nc(-c3ccc(Cl)cc3)no2)CC1=O. The van der Waals surface area contributed by atoms with Gasteiger partial charge in [0.2, 0.25) is 17.6 Å². The van der Waals surface area contributed by atoms with E-state index in [-0.39, 0.29) is 17.9 Å². The summed E-state index contributed by atoms with van der Waals surface area (Å²) < 4.78 is 5.44. The Morgan fingerprint density at radius 2 is 1.88 bits per heavy atom. The van der Waals surface area contributed by atoms with Crippen LogP contribution in [0.5, 0.6) is 0 Å². The maximum absolute atomic E-state index is 12.5. The Morgan fingerprint density at radius 1 is 1.15 bits per heavy atom. The van der Waals surface area contributed by atoms with E-state index in [0.717, 1.165) is 11.1 Å². The molecule has 5 nitrogen and oxygen atoms in total. The lowest BCUT2D eigenvalue weighted by molar-refractivity contribution is -0.129. The van der Waals surface area contributed by atoms with Crippen molar-refractivity contribution in [1.82, 2.24) is 15.0 Å². The predicted molar refractivity (Wildman–Crippen MR) is 98.7 cm³/mol. The minimum atomic E-state index is -0.0813. The van der Waals surface area contributed by atoms with Gasteiger partial charge in [-0.15, -0.1) is 0 Å². The Morgan fingerprint density at radius 3 is 2.62 bits per heavy atom. The van der Waals surface area contributed by atoms with E-state index in [1.165, 1.54) is 0 Å². The van der Waals surface area contributed by atoms with Gasteiger partial charge in [0.1, 0.15) is 0 Å². The standard InChI is InChI=1S/C20H18ClN3O2/c1-13(14-5-3-2-4-6-14)24-12-16(11-18(24)25)20-22-19(23-26-20)15-7-9-17(21)10-8-15/h2-10,13,16H,11-12H2,1H3. The summed E-state index contributed by atoms with van der Waals surface area (Å²) in [5.74, 6) is 1.05.